The summed E-state index contributed by atoms with van der Waals surface area (Å²) in [6.45, 7) is 10.6. The normalized spacial score (nSPS) is 13.6. The van der Waals surface area contributed by atoms with Gasteiger partial charge in [0.15, 0.2) is 12.6 Å². The van der Waals surface area contributed by atoms with Gasteiger partial charge in [0.25, 0.3) is 0 Å². The van der Waals surface area contributed by atoms with E-state index in [1.165, 1.54) is 0 Å². The van der Waals surface area contributed by atoms with E-state index < -0.39 is 5.60 Å². The molecule has 0 radical (unpaired) electrons. The van der Waals surface area contributed by atoms with E-state index in [0.717, 1.165) is 44.4 Å². The number of hydrogen-bond donors (Lipinski definition) is 0. The van der Waals surface area contributed by atoms with Crippen LogP contribution in [0.15, 0.2) is 60.9 Å². The monoisotopic (exact) mass is 705 g/mol. The Balaban J connectivity index is 1.29. The van der Waals surface area contributed by atoms with E-state index in [2.05, 4.69) is 32.4 Å². The van der Waals surface area contributed by atoms with E-state index in [1.807, 2.05) is 83.5 Å². The number of anilines is 1. The minimum Gasteiger partial charge on any atom is -0.497 e. The van der Waals surface area contributed by atoms with Crippen LogP contribution in [0.5, 0.6) is 11.5 Å². The van der Waals surface area contributed by atoms with Gasteiger partial charge in [0.1, 0.15) is 28.5 Å². The minimum atomic E-state index is -0.544. The number of amides is 1. The van der Waals surface area contributed by atoms with Crippen molar-refractivity contribution in [2.45, 2.75) is 39.8 Å². The highest BCUT2D eigenvalue weighted by molar-refractivity contribution is 5.96. The van der Waals surface area contributed by atoms with Gasteiger partial charge >= 0.3 is 6.09 Å². The van der Waals surface area contributed by atoms with Crippen molar-refractivity contribution in [2.75, 3.05) is 52.1 Å². The van der Waals surface area contributed by atoms with Gasteiger partial charge in [0, 0.05) is 68.6 Å². The van der Waals surface area contributed by atoms with Crippen molar-refractivity contribution >= 4 is 33.6 Å². The lowest BCUT2D eigenvalue weighted by molar-refractivity contribution is 0.0240. The Morgan fingerprint density at radius 2 is 1.71 bits per heavy atom. The van der Waals surface area contributed by atoms with Crippen molar-refractivity contribution in [2.24, 2.45) is 7.05 Å². The average Bonchev–Trinajstić information content (AvgIpc) is 3.76. The summed E-state index contributed by atoms with van der Waals surface area (Å²) in [4.78, 5) is 27.0. The molecule has 6 aromatic rings. The molecule has 3 aromatic carbocycles. The molecule has 4 heterocycles. The highest BCUT2D eigenvalue weighted by Gasteiger charge is 2.27. The second-order valence-electron chi connectivity index (χ2n) is 13.9. The molecule has 14 nitrogen and oxygen atoms in total. The van der Waals surface area contributed by atoms with Crippen LogP contribution in [-0.2, 0) is 23.1 Å². The fourth-order valence-corrected chi connectivity index (χ4v) is 6.41. The number of aromatic nitrogens is 7. The smallest absolute Gasteiger partial charge is 0.410 e. The molecule has 1 aliphatic rings. The summed E-state index contributed by atoms with van der Waals surface area (Å²) in [5.41, 5.74) is 5.89. The van der Waals surface area contributed by atoms with Crippen LogP contribution in [0.2, 0.25) is 0 Å². The van der Waals surface area contributed by atoms with Crippen LogP contribution in [-0.4, -0.2) is 98.5 Å². The fraction of sp³-hybridized carbons (Fsp3) is 0.368. The summed E-state index contributed by atoms with van der Waals surface area (Å²) in [6, 6.07) is 16.0. The van der Waals surface area contributed by atoms with Crippen LogP contribution < -0.4 is 14.4 Å². The topological polar surface area (TPSA) is 135 Å². The predicted octanol–water partition coefficient (Wildman–Crippen LogP) is 5.85. The molecule has 0 saturated carbocycles. The molecule has 0 unspecified atom stereocenters. The maximum atomic E-state index is 12.7. The lowest BCUT2D eigenvalue weighted by atomic mass is 10.0. The zero-order chi connectivity index (χ0) is 36.6. The highest BCUT2D eigenvalue weighted by Crippen LogP contribution is 2.39. The fourth-order valence-electron chi connectivity index (χ4n) is 6.41. The Bertz CT molecular complexity index is 2230. The summed E-state index contributed by atoms with van der Waals surface area (Å²) in [6.07, 6.45) is 3.58. The second-order valence-corrected chi connectivity index (χ2v) is 13.9. The van der Waals surface area contributed by atoms with E-state index in [9.17, 15) is 4.79 Å². The Morgan fingerprint density at radius 3 is 2.42 bits per heavy atom. The molecule has 0 bridgehead atoms. The summed E-state index contributed by atoms with van der Waals surface area (Å²) in [7, 11) is 5.13. The molecule has 14 heteroatoms. The number of piperazine rings is 1. The SMILES string of the molecule is COCOc1c(-c2nc(-c3cn(Cc4ccc(OC)cc4)nn3)c3cc(N4CCN(C(=O)OC(C)(C)C)CC4)ccc3n2)cc2cn(C)nc2c1C. The standard InChI is InChI=1S/C38H43N9O5/c1-24-33-26(21-44(5)42-33)18-30(35(24)51-23-49-6)36-39-31-13-10-27(45-14-16-46(17-15-45)37(48)52-38(2,3)4)19-29(31)34(40-36)32-22-47(43-41-32)20-25-8-11-28(50-7)12-9-25/h8-13,18-19,21-22H,14-17,20,23H2,1-7H3. The van der Waals surface area contributed by atoms with Gasteiger partial charge in [-0.2, -0.15) is 5.10 Å². The quantitative estimate of drug-likeness (QED) is 0.168. The maximum absolute atomic E-state index is 12.7. The number of methoxy groups -OCH3 is 2. The lowest BCUT2D eigenvalue weighted by Gasteiger charge is -2.36. The first-order valence-electron chi connectivity index (χ1n) is 17.2. The van der Waals surface area contributed by atoms with Crippen molar-refractivity contribution in [3.05, 3.63) is 72.1 Å². The second kappa shape index (κ2) is 14.1. The summed E-state index contributed by atoms with van der Waals surface area (Å²) < 4.78 is 26.0. The van der Waals surface area contributed by atoms with Gasteiger partial charge in [0.05, 0.1) is 36.4 Å². The van der Waals surface area contributed by atoms with Crippen molar-refractivity contribution in [3.63, 3.8) is 0 Å². The van der Waals surface area contributed by atoms with Crippen LogP contribution in [0.1, 0.15) is 31.9 Å². The molecule has 1 fully saturated rings. The van der Waals surface area contributed by atoms with E-state index in [0.29, 0.717) is 61.2 Å². The van der Waals surface area contributed by atoms with E-state index in [-0.39, 0.29) is 12.9 Å². The van der Waals surface area contributed by atoms with Gasteiger partial charge in [-0.25, -0.2) is 19.4 Å². The minimum absolute atomic E-state index is 0.0524. The van der Waals surface area contributed by atoms with Gasteiger partial charge in [-0.05, 0) is 69.7 Å². The summed E-state index contributed by atoms with van der Waals surface area (Å²) in [5, 5.41) is 15.5. The van der Waals surface area contributed by atoms with Gasteiger partial charge in [-0.1, -0.05) is 17.3 Å². The van der Waals surface area contributed by atoms with Crippen molar-refractivity contribution in [3.8, 4) is 34.3 Å². The Kier molecular flexibility index (Phi) is 9.40. The molecular formula is C38H43N9O5. The zero-order valence-electron chi connectivity index (χ0n) is 30.6. The van der Waals surface area contributed by atoms with Crippen molar-refractivity contribution < 1.29 is 23.7 Å². The van der Waals surface area contributed by atoms with Crippen LogP contribution in [0.25, 0.3) is 44.6 Å². The van der Waals surface area contributed by atoms with Crippen molar-refractivity contribution in [1.29, 1.82) is 0 Å². The Hall–Kier alpha value is -5.76. The number of rotatable bonds is 9. The predicted molar refractivity (Wildman–Crippen MR) is 198 cm³/mol. The van der Waals surface area contributed by atoms with Gasteiger partial charge in [-0.3, -0.25) is 4.68 Å². The zero-order valence-corrected chi connectivity index (χ0v) is 30.6. The molecule has 1 amide bonds. The first-order valence-corrected chi connectivity index (χ1v) is 17.2. The molecule has 7 rings (SSSR count). The summed E-state index contributed by atoms with van der Waals surface area (Å²) >= 11 is 0. The first-order chi connectivity index (χ1) is 25.0. The molecule has 3 aromatic heterocycles. The third-order valence-electron chi connectivity index (χ3n) is 8.92. The van der Waals surface area contributed by atoms with E-state index in [1.54, 1.807) is 28.5 Å². The van der Waals surface area contributed by atoms with E-state index in [4.69, 9.17) is 28.9 Å². The largest absolute Gasteiger partial charge is 0.497 e. The number of fused-ring (bicyclic) bond motifs is 2. The molecule has 270 valence electrons. The van der Waals surface area contributed by atoms with Crippen molar-refractivity contribution in [1.82, 2.24) is 39.6 Å². The van der Waals surface area contributed by atoms with Gasteiger partial charge in [0.2, 0.25) is 0 Å². The first kappa shape index (κ1) is 34.7. The number of ether oxygens (including phenoxy) is 4. The van der Waals surface area contributed by atoms with E-state index >= 15 is 0 Å². The van der Waals surface area contributed by atoms with Crippen LogP contribution in [0.3, 0.4) is 0 Å². The van der Waals surface area contributed by atoms with Gasteiger partial charge in [-0.15, -0.1) is 5.10 Å². The van der Waals surface area contributed by atoms with Crippen LogP contribution in [0.4, 0.5) is 10.5 Å². The molecule has 0 N–H and O–H groups in total. The molecule has 52 heavy (non-hydrogen) atoms. The van der Waals surface area contributed by atoms with Crippen LogP contribution in [0, 0.1) is 6.92 Å². The Morgan fingerprint density at radius 1 is 0.942 bits per heavy atom. The maximum Gasteiger partial charge on any atom is 0.410 e. The molecule has 0 atom stereocenters. The molecular weight excluding hydrogens is 662 g/mol. The lowest BCUT2D eigenvalue weighted by Crippen LogP contribution is -2.50. The third-order valence-corrected chi connectivity index (χ3v) is 8.92. The number of aryl methyl sites for hydroxylation is 2. The number of carbonyl (C=O) groups is 1. The van der Waals surface area contributed by atoms with Gasteiger partial charge < -0.3 is 28.7 Å². The third kappa shape index (κ3) is 7.19. The number of hydrogen-bond acceptors (Lipinski definition) is 11. The molecule has 1 saturated heterocycles. The van der Waals surface area contributed by atoms with Crippen LogP contribution >= 0.6 is 0 Å². The molecule has 0 spiro atoms. The molecule has 1 aliphatic heterocycles. The number of benzene rings is 3. The summed E-state index contributed by atoms with van der Waals surface area (Å²) in [5.74, 6) is 1.87. The Labute approximate surface area is 301 Å². The molecule has 0 aliphatic carbocycles. The highest BCUT2D eigenvalue weighted by atomic mass is 16.7. The number of nitrogens with zero attached hydrogens (tertiary/aromatic N) is 9. The average molecular weight is 706 g/mol. The number of carbonyl (C=O) groups excluding carboxylic acids is 1.